The van der Waals surface area contributed by atoms with Gasteiger partial charge in [-0.05, 0) is 19.4 Å². The summed E-state index contributed by atoms with van der Waals surface area (Å²) in [5, 5.41) is 8.61. The molecule has 4 heteroatoms. The molecule has 4 nitrogen and oxygen atoms in total. The lowest BCUT2D eigenvalue weighted by molar-refractivity contribution is -0.693. The van der Waals surface area contributed by atoms with Crippen LogP contribution in [0.1, 0.15) is 13.8 Å². The summed E-state index contributed by atoms with van der Waals surface area (Å²) in [5.41, 5.74) is 0.724. The minimum Gasteiger partial charge on any atom is -0.490 e. The van der Waals surface area contributed by atoms with Crippen LogP contribution in [0.2, 0.25) is 0 Å². The highest BCUT2D eigenvalue weighted by atomic mass is 17.1. The average molecular weight is 224 g/mol. The second-order valence-corrected chi connectivity index (χ2v) is 3.62. The molecule has 1 unspecified atom stereocenters. The molecule has 1 rings (SSSR count). The fraction of sp³-hybridized carbons (Fsp3) is 0.417. The van der Waals surface area contributed by atoms with Crippen LogP contribution >= 0.6 is 0 Å². The van der Waals surface area contributed by atoms with Crippen molar-refractivity contribution >= 4 is 0 Å². The maximum Gasteiger partial charge on any atom is 0.172 e. The smallest absolute Gasteiger partial charge is 0.172 e. The molecule has 1 atom stereocenters. The molecule has 0 aliphatic carbocycles. The van der Waals surface area contributed by atoms with Crippen molar-refractivity contribution in [2.24, 2.45) is 0 Å². The molecular weight excluding hydrogens is 206 g/mol. The molecule has 16 heavy (non-hydrogen) atoms. The van der Waals surface area contributed by atoms with Crippen LogP contribution in [0.5, 0.6) is 5.75 Å². The Morgan fingerprint density at radius 3 is 2.56 bits per heavy atom. The van der Waals surface area contributed by atoms with E-state index in [1.54, 1.807) is 6.92 Å². The fourth-order valence-electron chi connectivity index (χ4n) is 1.19. The number of hydrogen-bond acceptors (Lipinski definition) is 3. The van der Waals surface area contributed by atoms with Crippen LogP contribution < -0.4 is 9.30 Å². The van der Waals surface area contributed by atoms with Crippen molar-refractivity contribution in [3.8, 4) is 5.75 Å². The van der Waals surface area contributed by atoms with Gasteiger partial charge in [-0.2, -0.15) is 0 Å². The van der Waals surface area contributed by atoms with E-state index >= 15 is 0 Å². The van der Waals surface area contributed by atoms with E-state index in [0.29, 0.717) is 0 Å². The van der Waals surface area contributed by atoms with Crippen LogP contribution in [0.25, 0.3) is 0 Å². The quantitative estimate of drug-likeness (QED) is 0.347. The molecule has 0 aliphatic heterocycles. The first-order valence-corrected chi connectivity index (χ1v) is 5.25. The van der Waals surface area contributed by atoms with Gasteiger partial charge in [0.25, 0.3) is 0 Å². The van der Waals surface area contributed by atoms with Gasteiger partial charge < -0.3 is 4.74 Å². The van der Waals surface area contributed by atoms with Crippen LogP contribution in [0.15, 0.2) is 36.7 Å². The van der Waals surface area contributed by atoms with Gasteiger partial charge >= 0.3 is 0 Å². The van der Waals surface area contributed by atoms with Gasteiger partial charge in [-0.25, -0.2) is 9.45 Å². The fourth-order valence-corrected chi connectivity index (χ4v) is 1.19. The Labute approximate surface area is 95.7 Å². The normalized spacial score (nSPS) is 12.2. The lowest BCUT2D eigenvalue weighted by atomic mass is 10.2. The van der Waals surface area contributed by atoms with E-state index in [9.17, 15) is 0 Å². The Bertz CT molecular complexity index is 335. The van der Waals surface area contributed by atoms with Crippen LogP contribution in [0.4, 0.5) is 0 Å². The molecule has 0 aliphatic rings. The minimum atomic E-state index is -0.487. The first-order chi connectivity index (χ1) is 7.67. The zero-order valence-electron chi connectivity index (χ0n) is 9.72. The SMILES string of the molecule is C=C(C)C(COc1cc[n+](CC)cc1)OO. The first-order valence-electron chi connectivity index (χ1n) is 5.25. The Balaban J connectivity index is 2.50. The Morgan fingerprint density at radius 2 is 2.12 bits per heavy atom. The second-order valence-electron chi connectivity index (χ2n) is 3.62. The van der Waals surface area contributed by atoms with E-state index in [2.05, 4.69) is 18.4 Å². The molecule has 0 aromatic carbocycles. The number of hydrogen-bond donors (Lipinski definition) is 1. The molecule has 1 N–H and O–H groups in total. The monoisotopic (exact) mass is 224 g/mol. The molecule has 0 fully saturated rings. The number of pyridine rings is 1. The lowest BCUT2D eigenvalue weighted by Crippen LogP contribution is -2.30. The molecule has 1 aromatic rings. The summed E-state index contributed by atoms with van der Waals surface area (Å²) in [6, 6.07) is 3.74. The molecule has 0 amide bonds. The summed E-state index contributed by atoms with van der Waals surface area (Å²) in [6.07, 6.45) is 3.38. The van der Waals surface area contributed by atoms with E-state index < -0.39 is 6.10 Å². The number of ether oxygens (including phenoxy) is 1. The third-order valence-electron chi connectivity index (χ3n) is 2.30. The van der Waals surface area contributed by atoms with E-state index in [1.165, 1.54) is 0 Å². The molecule has 0 spiro atoms. The maximum atomic E-state index is 8.61. The summed E-state index contributed by atoms with van der Waals surface area (Å²) in [5.74, 6) is 0.744. The molecule has 1 heterocycles. The number of aromatic nitrogens is 1. The number of nitrogens with zero attached hydrogens (tertiary/aromatic N) is 1. The first kappa shape index (κ1) is 12.7. The van der Waals surface area contributed by atoms with E-state index in [-0.39, 0.29) is 6.61 Å². The van der Waals surface area contributed by atoms with Crippen molar-refractivity contribution < 1.29 is 19.4 Å². The summed E-state index contributed by atoms with van der Waals surface area (Å²) in [4.78, 5) is 4.25. The zero-order valence-corrected chi connectivity index (χ0v) is 9.72. The summed E-state index contributed by atoms with van der Waals surface area (Å²) < 4.78 is 7.49. The highest BCUT2D eigenvalue weighted by Crippen LogP contribution is 2.09. The number of aryl methyl sites for hydroxylation is 1. The predicted octanol–water partition coefficient (Wildman–Crippen LogP) is 1.81. The standard InChI is InChI=1S/C12H17NO3/c1-4-13-7-5-11(6-8-13)15-9-12(16-14)10(2)3/h5-8,12H,2,4,9H2,1,3H3/p+1. The molecule has 0 bridgehead atoms. The molecule has 0 saturated carbocycles. The topological polar surface area (TPSA) is 42.6 Å². The van der Waals surface area contributed by atoms with Gasteiger partial charge in [0.1, 0.15) is 25.0 Å². The second kappa shape index (κ2) is 6.25. The third-order valence-corrected chi connectivity index (χ3v) is 2.30. The summed E-state index contributed by atoms with van der Waals surface area (Å²) in [6.45, 7) is 8.72. The Kier molecular flexibility index (Phi) is 4.95. The highest BCUT2D eigenvalue weighted by Gasteiger charge is 2.11. The largest absolute Gasteiger partial charge is 0.490 e. The van der Waals surface area contributed by atoms with Gasteiger partial charge in [-0.15, -0.1) is 0 Å². The van der Waals surface area contributed by atoms with Crippen molar-refractivity contribution in [1.29, 1.82) is 0 Å². The molecule has 1 aromatic heterocycles. The van der Waals surface area contributed by atoms with Crippen LogP contribution in [0.3, 0.4) is 0 Å². The van der Waals surface area contributed by atoms with Gasteiger partial charge in [0, 0.05) is 12.1 Å². The van der Waals surface area contributed by atoms with E-state index in [4.69, 9.17) is 9.99 Å². The van der Waals surface area contributed by atoms with Crippen molar-refractivity contribution in [3.63, 3.8) is 0 Å². The average Bonchev–Trinajstić information content (AvgIpc) is 2.30. The zero-order chi connectivity index (χ0) is 12.0. The van der Waals surface area contributed by atoms with Crippen LogP contribution in [-0.4, -0.2) is 18.0 Å². The van der Waals surface area contributed by atoms with Gasteiger partial charge in [-0.3, -0.25) is 5.26 Å². The predicted molar refractivity (Wildman–Crippen MR) is 60.1 cm³/mol. The van der Waals surface area contributed by atoms with Gasteiger partial charge in [0.15, 0.2) is 12.4 Å². The van der Waals surface area contributed by atoms with Crippen molar-refractivity contribution in [1.82, 2.24) is 0 Å². The van der Waals surface area contributed by atoms with E-state index in [1.807, 2.05) is 29.1 Å². The van der Waals surface area contributed by atoms with Gasteiger partial charge in [0.2, 0.25) is 0 Å². The third kappa shape index (κ3) is 3.64. The van der Waals surface area contributed by atoms with Crippen molar-refractivity contribution in [2.45, 2.75) is 26.5 Å². The molecule has 0 radical (unpaired) electrons. The molecule has 0 saturated heterocycles. The van der Waals surface area contributed by atoms with Crippen molar-refractivity contribution in [2.75, 3.05) is 6.61 Å². The summed E-state index contributed by atoms with van der Waals surface area (Å²) in [7, 11) is 0. The van der Waals surface area contributed by atoms with Crippen LogP contribution in [0, 0.1) is 0 Å². The highest BCUT2D eigenvalue weighted by molar-refractivity contribution is 5.15. The Morgan fingerprint density at radius 1 is 1.50 bits per heavy atom. The summed E-state index contributed by atoms with van der Waals surface area (Å²) >= 11 is 0. The lowest BCUT2D eigenvalue weighted by Gasteiger charge is -2.13. The van der Waals surface area contributed by atoms with Crippen molar-refractivity contribution in [3.05, 3.63) is 36.7 Å². The van der Waals surface area contributed by atoms with Gasteiger partial charge in [0.05, 0.1) is 0 Å². The molecular formula is C12H18NO3+. The van der Waals surface area contributed by atoms with Crippen LogP contribution in [-0.2, 0) is 11.4 Å². The number of rotatable bonds is 6. The minimum absolute atomic E-state index is 0.252. The maximum absolute atomic E-state index is 8.61. The van der Waals surface area contributed by atoms with Gasteiger partial charge in [-0.1, -0.05) is 6.58 Å². The Hall–Kier alpha value is -1.39. The molecule has 88 valence electrons. The van der Waals surface area contributed by atoms with E-state index in [0.717, 1.165) is 17.9 Å².